The zero-order valence-corrected chi connectivity index (χ0v) is 17.7. The van der Waals surface area contributed by atoms with Gasteiger partial charge >= 0.3 is 0 Å². The highest BCUT2D eigenvalue weighted by molar-refractivity contribution is 6.42. The Hall–Kier alpha value is -2.15. The van der Waals surface area contributed by atoms with E-state index in [1.54, 1.807) is 18.2 Å². The summed E-state index contributed by atoms with van der Waals surface area (Å²) in [4.78, 5) is 11.9. The molecule has 1 unspecified atom stereocenters. The van der Waals surface area contributed by atoms with Crippen LogP contribution < -0.4 is 19.5 Å². The lowest BCUT2D eigenvalue weighted by atomic mass is 10.3. The molecule has 0 aliphatic heterocycles. The fourth-order valence-corrected chi connectivity index (χ4v) is 2.77. The quantitative estimate of drug-likeness (QED) is 0.484. The van der Waals surface area contributed by atoms with Crippen molar-refractivity contribution in [3.8, 4) is 17.2 Å². The first-order valence-corrected chi connectivity index (χ1v) is 10.1. The summed E-state index contributed by atoms with van der Waals surface area (Å²) >= 11 is 11.9. The third-order valence-electron chi connectivity index (χ3n) is 3.84. The number of aliphatic hydroxyl groups excluding tert-OH is 1. The van der Waals surface area contributed by atoms with E-state index in [-0.39, 0.29) is 30.5 Å². The van der Waals surface area contributed by atoms with Crippen LogP contribution >= 0.6 is 23.2 Å². The molecular weight excluding hydrogens is 417 g/mol. The fourth-order valence-electron chi connectivity index (χ4n) is 2.42. The highest BCUT2D eigenvalue weighted by Gasteiger charge is 2.11. The Balaban J connectivity index is 1.62. The van der Waals surface area contributed by atoms with E-state index in [4.69, 9.17) is 37.4 Å². The number of ether oxygens (including phenoxy) is 3. The molecule has 0 fully saturated rings. The normalized spacial score (nSPS) is 11.6. The Bertz CT molecular complexity index is 787. The molecule has 0 aromatic heterocycles. The summed E-state index contributed by atoms with van der Waals surface area (Å²) in [6.45, 7) is 2.90. The van der Waals surface area contributed by atoms with Crippen LogP contribution in [0.25, 0.3) is 0 Å². The number of halogens is 2. The molecule has 2 aromatic carbocycles. The minimum atomic E-state index is -0.872. The Morgan fingerprint density at radius 1 is 1.03 bits per heavy atom. The molecule has 0 bridgehead atoms. The number of benzene rings is 2. The van der Waals surface area contributed by atoms with Crippen molar-refractivity contribution in [2.24, 2.45) is 0 Å². The lowest BCUT2D eigenvalue weighted by Gasteiger charge is -2.14. The molecule has 8 heteroatoms. The molecule has 29 heavy (non-hydrogen) atoms. The van der Waals surface area contributed by atoms with Crippen LogP contribution in [0.3, 0.4) is 0 Å². The number of amides is 1. The predicted octanol–water partition coefficient (Wildman–Crippen LogP) is 4.11. The Morgan fingerprint density at radius 3 is 2.45 bits per heavy atom. The van der Waals surface area contributed by atoms with Crippen LogP contribution in [0.5, 0.6) is 17.2 Å². The minimum absolute atomic E-state index is 0.0162. The standard InChI is InChI=1S/C21H25Cl2NO5/c1-2-27-17-8-3-4-9-18(17)28-12-6-11-20(26)24-13-15(25)14-29-19-10-5-7-16(22)21(19)23/h3-5,7-10,15,25H,2,6,11-14H2,1H3,(H,24,26). The first kappa shape index (κ1) is 23.1. The van der Waals surface area contributed by atoms with Crippen LogP contribution in [0.4, 0.5) is 0 Å². The molecule has 2 aromatic rings. The molecule has 6 nitrogen and oxygen atoms in total. The summed E-state index contributed by atoms with van der Waals surface area (Å²) in [6.07, 6.45) is -0.0510. The smallest absolute Gasteiger partial charge is 0.220 e. The van der Waals surface area contributed by atoms with Gasteiger partial charge in [-0.2, -0.15) is 0 Å². The second-order valence-corrected chi connectivity index (χ2v) is 6.94. The second kappa shape index (κ2) is 12.4. The van der Waals surface area contributed by atoms with Gasteiger partial charge in [-0.05, 0) is 37.6 Å². The van der Waals surface area contributed by atoms with E-state index in [0.29, 0.717) is 41.9 Å². The second-order valence-electron chi connectivity index (χ2n) is 6.15. The van der Waals surface area contributed by atoms with E-state index >= 15 is 0 Å². The average Bonchev–Trinajstić information content (AvgIpc) is 2.72. The summed E-state index contributed by atoms with van der Waals surface area (Å²) in [5, 5.41) is 13.3. The van der Waals surface area contributed by atoms with E-state index in [1.807, 2.05) is 31.2 Å². The number of aliphatic hydroxyl groups is 1. The molecule has 2 rings (SSSR count). The van der Waals surface area contributed by atoms with E-state index in [9.17, 15) is 9.90 Å². The number of rotatable bonds is 12. The van der Waals surface area contributed by atoms with Crippen molar-refractivity contribution < 1.29 is 24.1 Å². The summed E-state index contributed by atoms with van der Waals surface area (Å²) < 4.78 is 16.6. The summed E-state index contributed by atoms with van der Waals surface area (Å²) in [6, 6.07) is 12.4. The van der Waals surface area contributed by atoms with Gasteiger partial charge in [-0.1, -0.05) is 41.4 Å². The zero-order valence-electron chi connectivity index (χ0n) is 16.2. The molecule has 0 aliphatic rings. The summed E-state index contributed by atoms with van der Waals surface area (Å²) in [7, 11) is 0. The van der Waals surface area contributed by atoms with Crippen molar-refractivity contribution in [3.05, 3.63) is 52.5 Å². The lowest BCUT2D eigenvalue weighted by molar-refractivity contribution is -0.121. The zero-order chi connectivity index (χ0) is 21.1. The van der Waals surface area contributed by atoms with Gasteiger partial charge < -0.3 is 24.6 Å². The van der Waals surface area contributed by atoms with Crippen LogP contribution in [-0.4, -0.2) is 43.5 Å². The number of carbonyl (C=O) groups excluding carboxylic acids is 1. The van der Waals surface area contributed by atoms with E-state index < -0.39 is 6.10 Å². The van der Waals surface area contributed by atoms with Gasteiger partial charge in [0.2, 0.25) is 5.91 Å². The highest BCUT2D eigenvalue weighted by atomic mass is 35.5. The third kappa shape index (κ3) is 8.01. The highest BCUT2D eigenvalue weighted by Crippen LogP contribution is 2.31. The molecule has 158 valence electrons. The van der Waals surface area contributed by atoms with Gasteiger partial charge in [-0.25, -0.2) is 0 Å². The van der Waals surface area contributed by atoms with Crippen LogP contribution in [-0.2, 0) is 4.79 Å². The number of carbonyl (C=O) groups is 1. The van der Waals surface area contributed by atoms with Crippen molar-refractivity contribution in [2.75, 3.05) is 26.4 Å². The predicted molar refractivity (Wildman–Crippen MR) is 113 cm³/mol. The minimum Gasteiger partial charge on any atom is -0.490 e. The molecule has 2 N–H and O–H groups in total. The molecule has 0 radical (unpaired) electrons. The molecule has 1 amide bonds. The van der Waals surface area contributed by atoms with Gasteiger partial charge in [-0.3, -0.25) is 4.79 Å². The molecule has 0 heterocycles. The number of para-hydroxylation sites is 2. The van der Waals surface area contributed by atoms with Gasteiger partial charge in [0.05, 0.1) is 18.2 Å². The van der Waals surface area contributed by atoms with Gasteiger partial charge in [-0.15, -0.1) is 0 Å². The lowest BCUT2D eigenvalue weighted by Crippen LogP contribution is -2.35. The van der Waals surface area contributed by atoms with Crippen molar-refractivity contribution in [2.45, 2.75) is 25.9 Å². The average molecular weight is 442 g/mol. The SMILES string of the molecule is CCOc1ccccc1OCCCC(=O)NCC(O)COc1cccc(Cl)c1Cl. The molecule has 1 atom stereocenters. The molecular formula is C21H25Cl2NO5. The van der Waals surface area contributed by atoms with E-state index in [1.165, 1.54) is 0 Å². The number of hydrogen-bond acceptors (Lipinski definition) is 5. The maximum Gasteiger partial charge on any atom is 0.220 e. The first-order valence-electron chi connectivity index (χ1n) is 9.37. The topological polar surface area (TPSA) is 77.0 Å². The first-order chi connectivity index (χ1) is 14.0. The van der Waals surface area contributed by atoms with E-state index in [2.05, 4.69) is 5.32 Å². The molecule has 0 spiro atoms. The van der Waals surface area contributed by atoms with Crippen LogP contribution in [0, 0.1) is 0 Å². The van der Waals surface area contributed by atoms with Crippen molar-refractivity contribution >= 4 is 29.1 Å². The Labute approximate surface area is 180 Å². The molecule has 0 aliphatic carbocycles. The molecule has 0 saturated heterocycles. The van der Waals surface area contributed by atoms with Gasteiger partial charge in [0.1, 0.15) is 23.5 Å². The maximum atomic E-state index is 11.9. The van der Waals surface area contributed by atoms with Crippen molar-refractivity contribution in [1.29, 1.82) is 0 Å². The third-order valence-corrected chi connectivity index (χ3v) is 4.64. The van der Waals surface area contributed by atoms with Gasteiger partial charge in [0, 0.05) is 13.0 Å². The van der Waals surface area contributed by atoms with Gasteiger partial charge in [0.15, 0.2) is 11.5 Å². The van der Waals surface area contributed by atoms with Gasteiger partial charge in [0.25, 0.3) is 0 Å². The fraction of sp³-hybridized carbons (Fsp3) is 0.381. The van der Waals surface area contributed by atoms with Crippen LogP contribution in [0.15, 0.2) is 42.5 Å². The van der Waals surface area contributed by atoms with Crippen LogP contribution in [0.2, 0.25) is 10.0 Å². The largest absolute Gasteiger partial charge is 0.490 e. The van der Waals surface area contributed by atoms with E-state index in [0.717, 1.165) is 0 Å². The van der Waals surface area contributed by atoms with Crippen molar-refractivity contribution in [1.82, 2.24) is 5.32 Å². The number of nitrogens with one attached hydrogen (secondary N) is 1. The Morgan fingerprint density at radius 2 is 1.72 bits per heavy atom. The summed E-state index contributed by atoms with van der Waals surface area (Å²) in [5.74, 6) is 1.55. The maximum absolute atomic E-state index is 11.9. The Kier molecular flexibility index (Phi) is 9.91. The molecule has 0 saturated carbocycles. The number of hydrogen-bond donors (Lipinski definition) is 2. The summed E-state index contributed by atoms with van der Waals surface area (Å²) in [5.41, 5.74) is 0. The van der Waals surface area contributed by atoms with Crippen LogP contribution in [0.1, 0.15) is 19.8 Å². The monoisotopic (exact) mass is 441 g/mol. The van der Waals surface area contributed by atoms with Crippen molar-refractivity contribution in [3.63, 3.8) is 0 Å².